The van der Waals surface area contributed by atoms with E-state index in [9.17, 15) is 4.79 Å². The van der Waals surface area contributed by atoms with Crippen LogP contribution >= 0.6 is 15.9 Å². The summed E-state index contributed by atoms with van der Waals surface area (Å²) in [6.45, 7) is 0.572. The highest BCUT2D eigenvalue weighted by molar-refractivity contribution is 9.10. The minimum atomic E-state index is -0.260. The largest absolute Gasteiger partial charge is 0.352 e. The number of rotatable bonds is 4. The predicted octanol–water partition coefficient (Wildman–Crippen LogP) is 2.73. The van der Waals surface area contributed by atoms with E-state index in [-0.39, 0.29) is 11.4 Å². The van der Waals surface area contributed by atoms with Crippen LogP contribution in [0.2, 0.25) is 0 Å². The molecule has 1 saturated carbocycles. The first-order valence-corrected chi connectivity index (χ1v) is 7.17. The average molecular weight is 311 g/mol. The Morgan fingerprint density at radius 3 is 2.50 bits per heavy atom. The summed E-state index contributed by atoms with van der Waals surface area (Å²) < 4.78 is 1.05. The van der Waals surface area contributed by atoms with Crippen molar-refractivity contribution in [3.8, 4) is 0 Å². The lowest BCUT2D eigenvalue weighted by Gasteiger charge is -2.22. The van der Waals surface area contributed by atoms with Crippen LogP contribution in [-0.2, 0) is 11.3 Å². The Balaban J connectivity index is 1.79. The average Bonchev–Trinajstić information content (AvgIpc) is 2.75. The molecule has 2 rings (SSSR count). The Morgan fingerprint density at radius 1 is 1.28 bits per heavy atom. The molecule has 1 fully saturated rings. The molecule has 0 radical (unpaired) electrons. The molecule has 0 aromatic heterocycles. The van der Waals surface area contributed by atoms with Crippen LogP contribution < -0.4 is 11.1 Å². The highest BCUT2D eigenvalue weighted by atomic mass is 79.9. The molecule has 18 heavy (non-hydrogen) atoms. The second kappa shape index (κ2) is 5.85. The fourth-order valence-electron chi connectivity index (χ4n) is 2.44. The smallest absolute Gasteiger partial charge is 0.222 e. The van der Waals surface area contributed by atoms with E-state index in [4.69, 9.17) is 5.73 Å². The lowest BCUT2D eigenvalue weighted by Crippen LogP contribution is -2.41. The Kier molecular flexibility index (Phi) is 4.40. The van der Waals surface area contributed by atoms with Gasteiger partial charge in [0.25, 0.3) is 0 Å². The molecule has 98 valence electrons. The van der Waals surface area contributed by atoms with Crippen LogP contribution in [0.5, 0.6) is 0 Å². The number of hydrogen-bond donors (Lipinski definition) is 2. The van der Waals surface area contributed by atoms with Crippen LogP contribution in [-0.4, -0.2) is 11.4 Å². The van der Waals surface area contributed by atoms with Crippen LogP contribution in [0, 0.1) is 0 Å². The third kappa shape index (κ3) is 3.82. The van der Waals surface area contributed by atoms with Crippen molar-refractivity contribution < 1.29 is 4.79 Å². The zero-order valence-electron chi connectivity index (χ0n) is 10.4. The molecule has 0 saturated heterocycles. The number of halogens is 1. The first-order chi connectivity index (χ1) is 8.57. The van der Waals surface area contributed by atoms with Gasteiger partial charge in [-0.3, -0.25) is 4.79 Å². The zero-order valence-corrected chi connectivity index (χ0v) is 12.0. The van der Waals surface area contributed by atoms with E-state index in [0.29, 0.717) is 13.0 Å². The molecular weight excluding hydrogens is 292 g/mol. The molecule has 1 aliphatic carbocycles. The Morgan fingerprint density at radius 2 is 1.89 bits per heavy atom. The van der Waals surface area contributed by atoms with Gasteiger partial charge in [-0.05, 0) is 30.5 Å². The minimum Gasteiger partial charge on any atom is -0.352 e. The number of nitrogens with two attached hydrogens (primary N) is 1. The number of nitrogens with one attached hydrogen (secondary N) is 1. The predicted molar refractivity (Wildman–Crippen MR) is 76.0 cm³/mol. The topological polar surface area (TPSA) is 55.1 Å². The molecule has 1 aromatic carbocycles. The monoisotopic (exact) mass is 310 g/mol. The van der Waals surface area contributed by atoms with Gasteiger partial charge in [-0.15, -0.1) is 0 Å². The molecule has 0 aliphatic heterocycles. The highest BCUT2D eigenvalue weighted by Gasteiger charge is 2.31. The molecule has 1 aromatic rings. The summed E-state index contributed by atoms with van der Waals surface area (Å²) in [6.07, 6.45) is 4.69. The molecule has 1 amide bonds. The second-order valence-electron chi connectivity index (χ2n) is 5.15. The van der Waals surface area contributed by atoms with Crippen LogP contribution in [0.15, 0.2) is 28.7 Å². The van der Waals surface area contributed by atoms with Crippen molar-refractivity contribution in [2.75, 3.05) is 0 Å². The van der Waals surface area contributed by atoms with E-state index in [1.54, 1.807) is 0 Å². The van der Waals surface area contributed by atoms with Crippen molar-refractivity contribution in [1.82, 2.24) is 5.32 Å². The molecule has 0 bridgehead atoms. The van der Waals surface area contributed by atoms with Gasteiger partial charge in [0.05, 0.1) is 0 Å². The van der Waals surface area contributed by atoms with Gasteiger partial charge in [0.1, 0.15) is 0 Å². The first-order valence-electron chi connectivity index (χ1n) is 6.37. The molecule has 1 aliphatic rings. The van der Waals surface area contributed by atoms with E-state index >= 15 is 0 Å². The standard InChI is InChI=1S/C14H19BrN2O/c15-12-5-3-11(4-6-12)10-17-13(18)9-14(16)7-1-2-8-14/h3-6H,1-2,7-10,16H2,(H,17,18). The van der Waals surface area contributed by atoms with Gasteiger partial charge in [-0.25, -0.2) is 0 Å². The van der Waals surface area contributed by atoms with Crippen molar-refractivity contribution in [3.05, 3.63) is 34.3 Å². The maximum absolute atomic E-state index is 11.8. The van der Waals surface area contributed by atoms with Crippen molar-refractivity contribution in [2.45, 2.75) is 44.2 Å². The summed E-state index contributed by atoms with van der Waals surface area (Å²) >= 11 is 3.39. The molecule has 0 heterocycles. The molecule has 3 nitrogen and oxygen atoms in total. The maximum Gasteiger partial charge on any atom is 0.222 e. The molecule has 0 unspecified atom stereocenters. The van der Waals surface area contributed by atoms with Gasteiger partial charge < -0.3 is 11.1 Å². The van der Waals surface area contributed by atoms with E-state index in [0.717, 1.165) is 35.7 Å². The summed E-state index contributed by atoms with van der Waals surface area (Å²) in [6, 6.07) is 7.95. The van der Waals surface area contributed by atoms with Crippen LogP contribution in [0.25, 0.3) is 0 Å². The normalized spacial score (nSPS) is 17.7. The molecule has 3 N–H and O–H groups in total. The minimum absolute atomic E-state index is 0.0577. The number of carbonyl (C=O) groups is 1. The second-order valence-corrected chi connectivity index (χ2v) is 6.07. The van der Waals surface area contributed by atoms with E-state index in [2.05, 4.69) is 21.2 Å². The van der Waals surface area contributed by atoms with Gasteiger partial charge in [0.15, 0.2) is 0 Å². The van der Waals surface area contributed by atoms with Gasteiger partial charge in [-0.2, -0.15) is 0 Å². The lowest BCUT2D eigenvalue weighted by atomic mass is 9.94. The molecule has 4 heteroatoms. The Hall–Kier alpha value is -0.870. The van der Waals surface area contributed by atoms with Gasteiger partial charge in [0.2, 0.25) is 5.91 Å². The number of amides is 1. The van der Waals surface area contributed by atoms with Crippen molar-refractivity contribution >= 4 is 21.8 Å². The summed E-state index contributed by atoms with van der Waals surface area (Å²) in [5, 5.41) is 2.94. The zero-order chi connectivity index (χ0) is 13.0. The Bertz CT molecular complexity index is 410. The fourth-order valence-corrected chi connectivity index (χ4v) is 2.71. The van der Waals surface area contributed by atoms with Crippen molar-refractivity contribution in [2.24, 2.45) is 5.73 Å². The molecule has 0 spiro atoms. The van der Waals surface area contributed by atoms with Crippen molar-refractivity contribution in [1.29, 1.82) is 0 Å². The molecule has 0 atom stereocenters. The summed E-state index contributed by atoms with van der Waals surface area (Å²) in [5.74, 6) is 0.0577. The van der Waals surface area contributed by atoms with Crippen LogP contribution in [0.4, 0.5) is 0 Å². The van der Waals surface area contributed by atoms with Gasteiger partial charge in [0, 0.05) is 23.0 Å². The SMILES string of the molecule is NC1(CC(=O)NCc2ccc(Br)cc2)CCCC1. The van der Waals surface area contributed by atoms with E-state index < -0.39 is 0 Å². The number of carbonyl (C=O) groups excluding carboxylic acids is 1. The van der Waals surface area contributed by atoms with Crippen LogP contribution in [0.3, 0.4) is 0 Å². The van der Waals surface area contributed by atoms with E-state index in [1.807, 2.05) is 24.3 Å². The lowest BCUT2D eigenvalue weighted by molar-refractivity contribution is -0.122. The third-order valence-electron chi connectivity index (χ3n) is 3.51. The quantitative estimate of drug-likeness (QED) is 0.898. The fraction of sp³-hybridized carbons (Fsp3) is 0.500. The number of benzene rings is 1. The third-order valence-corrected chi connectivity index (χ3v) is 4.04. The number of hydrogen-bond acceptors (Lipinski definition) is 2. The van der Waals surface area contributed by atoms with Crippen molar-refractivity contribution in [3.63, 3.8) is 0 Å². The van der Waals surface area contributed by atoms with Gasteiger partial charge >= 0.3 is 0 Å². The Labute approximate surface area is 116 Å². The highest BCUT2D eigenvalue weighted by Crippen LogP contribution is 2.29. The summed E-state index contributed by atoms with van der Waals surface area (Å²) in [5.41, 5.74) is 7.02. The van der Waals surface area contributed by atoms with E-state index in [1.165, 1.54) is 0 Å². The van der Waals surface area contributed by atoms with Gasteiger partial charge in [-0.1, -0.05) is 40.9 Å². The molecular formula is C14H19BrN2O. The summed E-state index contributed by atoms with van der Waals surface area (Å²) in [4.78, 5) is 11.8. The first kappa shape index (κ1) is 13.6. The summed E-state index contributed by atoms with van der Waals surface area (Å²) in [7, 11) is 0. The maximum atomic E-state index is 11.8. The van der Waals surface area contributed by atoms with Crippen LogP contribution in [0.1, 0.15) is 37.7 Å².